The molecule has 2 unspecified atom stereocenters. The van der Waals surface area contributed by atoms with Crippen LogP contribution >= 0.6 is 0 Å². The average molecular weight is 284 g/mol. The Morgan fingerprint density at radius 2 is 2.20 bits per heavy atom. The fourth-order valence-electron chi connectivity index (χ4n) is 2.76. The highest BCUT2D eigenvalue weighted by atomic mass is 16.5. The van der Waals surface area contributed by atoms with Gasteiger partial charge in [-0.05, 0) is 45.2 Å². The third kappa shape index (κ3) is 6.08. The molecule has 0 bridgehead atoms. The van der Waals surface area contributed by atoms with E-state index in [-0.39, 0.29) is 0 Å². The van der Waals surface area contributed by atoms with Gasteiger partial charge in [0.2, 0.25) is 0 Å². The quantitative estimate of drug-likeness (QED) is 0.586. The van der Waals surface area contributed by atoms with Crippen molar-refractivity contribution in [1.82, 2.24) is 10.2 Å². The molecule has 1 aliphatic heterocycles. The number of likely N-dealkylation sites (N-methyl/N-ethyl adjacent to an activating group) is 1. The molecule has 20 heavy (non-hydrogen) atoms. The Morgan fingerprint density at radius 1 is 1.35 bits per heavy atom. The van der Waals surface area contributed by atoms with Crippen molar-refractivity contribution in [2.24, 2.45) is 11.8 Å². The highest BCUT2D eigenvalue weighted by Gasteiger charge is 2.26. The van der Waals surface area contributed by atoms with E-state index >= 15 is 0 Å². The van der Waals surface area contributed by atoms with E-state index in [2.05, 4.69) is 24.2 Å². The number of nitrogens with zero attached hydrogens (tertiary/aromatic N) is 1. The minimum atomic E-state index is 0.561. The first-order chi connectivity index (χ1) is 9.79. The van der Waals surface area contributed by atoms with Gasteiger partial charge in [0.05, 0.1) is 13.2 Å². The molecule has 1 saturated heterocycles. The Morgan fingerprint density at radius 3 is 2.85 bits per heavy atom. The van der Waals surface area contributed by atoms with Crippen LogP contribution in [-0.4, -0.2) is 64.1 Å². The summed E-state index contributed by atoms with van der Waals surface area (Å²) in [6, 6.07) is 0.561. The lowest BCUT2D eigenvalue weighted by molar-refractivity contribution is 0.0968. The molecule has 1 aliphatic carbocycles. The summed E-state index contributed by atoms with van der Waals surface area (Å²) >= 11 is 0. The fraction of sp³-hybridized carbons (Fsp3) is 1.00. The molecule has 1 N–H and O–H groups in total. The summed E-state index contributed by atoms with van der Waals surface area (Å²) < 4.78 is 11.3. The molecule has 2 aliphatic rings. The summed E-state index contributed by atoms with van der Waals surface area (Å²) in [6.07, 6.45) is 5.15. The summed E-state index contributed by atoms with van der Waals surface area (Å²) in [5, 5.41) is 3.70. The molecule has 2 fully saturated rings. The van der Waals surface area contributed by atoms with Crippen molar-refractivity contribution in [2.75, 3.05) is 53.1 Å². The van der Waals surface area contributed by atoms with Crippen LogP contribution in [0.25, 0.3) is 0 Å². The Labute approximate surface area is 124 Å². The highest BCUT2D eigenvalue weighted by Crippen LogP contribution is 2.28. The van der Waals surface area contributed by atoms with Crippen LogP contribution < -0.4 is 5.32 Å². The van der Waals surface area contributed by atoms with E-state index in [9.17, 15) is 0 Å². The highest BCUT2D eigenvalue weighted by molar-refractivity contribution is 4.81. The summed E-state index contributed by atoms with van der Waals surface area (Å²) in [5.74, 6) is 1.55. The number of nitrogens with one attached hydrogen (secondary N) is 1. The molecule has 2 rings (SSSR count). The Hall–Kier alpha value is -0.160. The lowest BCUT2D eigenvalue weighted by atomic mass is 9.98. The van der Waals surface area contributed by atoms with Crippen LogP contribution in [0.4, 0.5) is 0 Å². The van der Waals surface area contributed by atoms with Gasteiger partial charge in [-0.2, -0.15) is 0 Å². The van der Waals surface area contributed by atoms with E-state index in [1.165, 1.54) is 25.7 Å². The predicted molar refractivity (Wildman–Crippen MR) is 82.0 cm³/mol. The molecule has 0 aromatic heterocycles. The second kappa shape index (κ2) is 8.98. The third-order valence-electron chi connectivity index (χ3n) is 4.37. The topological polar surface area (TPSA) is 33.7 Å². The zero-order valence-corrected chi connectivity index (χ0v) is 13.3. The summed E-state index contributed by atoms with van der Waals surface area (Å²) in [4.78, 5) is 2.40. The normalized spacial score (nSPS) is 24.4. The lowest BCUT2D eigenvalue weighted by Crippen LogP contribution is -2.45. The molecule has 118 valence electrons. The average Bonchev–Trinajstić information content (AvgIpc) is 3.11. The molecule has 1 heterocycles. The van der Waals surface area contributed by atoms with Gasteiger partial charge >= 0.3 is 0 Å². The van der Waals surface area contributed by atoms with E-state index in [1.54, 1.807) is 0 Å². The fourth-order valence-corrected chi connectivity index (χ4v) is 2.76. The molecule has 4 nitrogen and oxygen atoms in total. The molecule has 0 radical (unpaired) electrons. The first-order valence-electron chi connectivity index (χ1n) is 8.37. The lowest BCUT2D eigenvalue weighted by Gasteiger charge is -2.28. The van der Waals surface area contributed by atoms with Gasteiger partial charge in [-0.1, -0.05) is 6.92 Å². The summed E-state index contributed by atoms with van der Waals surface area (Å²) in [6.45, 7) is 9.16. The van der Waals surface area contributed by atoms with Gasteiger partial charge in [-0.3, -0.25) is 0 Å². The van der Waals surface area contributed by atoms with Gasteiger partial charge in [-0.15, -0.1) is 0 Å². The summed E-state index contributed by atoms with van der Waals surface area (Å²) in [5.41, 5.74) is 0. The first-order valence-corrected chi connectivity index (χ1v) is 8.37. The van der Waals surface area contributed by atoms with Crippen molar-refractivity contribution in [1.29, 1.82) is 0 Å². The predicted octanol–water partition coefficient (Wildman–Crippen LogP) is 1.75. The zero-order chi connectivity index (χ0) is 14.2. The monoisotopic (exact) mass is 284 g/mol. The van der Waals surface area contributed by atoms with Crippen LogP contribution in [-0.2, 0) is 9.47 Å². The number of hydrogen-bond donors (Lipinski definition) is 1. The Balaban J connectivity index is 1.62. The van der Waals surface area contributed by atoms with Gasteiger partial charge in [0.1, 0.15) is 0 Å². The third-order valence-corrected chi connectivity index (χ3v) is 4.37. The number of hydrogen-bond acceptors (Lipinski definition) is 4. The maximum atomic E-state index is 5.73. The van der Waals surface area contributed by atoms with Crippen LogP contribution in [0.1, 0.15) is 32.6 Å². The van der Waals surface area contributed by atoms with Crippen molar-refractivity contribution < 1.29 is 9.47 Å². The minimum absolute atomic E-state index is 0.561. The van der Waals surface area contributed by atoms with E-state index < -0.39 is 0 Å². The molecular formula is C16H32N2O2. The first kappa shape index (κ1) is 16.2. The Bertz CT molecular complexity index is 253. The van der Waals surface area contributed by atoms with Crippen LogP contribution in [0.15, 0.2) is 0 Å². The van der Waals surface area contributed by atoms with Gasteiger partial charge in [0.25, 0.3) is 0 Å². The summed E-state index contributed by atoms with van der Waals surface area (Å²) in [7, 11) is 2.21. The molecule has 2 atom stereocenters. The van der Waals surface area contributed by atoms with Crippen molar-refractivity contribution in [2.45, 2.75) is 38.6 Å². The van der Waals surface area contributed by atoms with Crippen molar-refractivity contribution in [3.05, 3.63) is 0 Å². The van der Waals surface area contributed by atoms with Crippen LogP contribution in [0, 0.1) is 11.8 Å². The molecule has 0 spiro atoms. The van der Waals surface area contributed by atoms with Gasteiger partial charge in [0, 0.05) is 38.3 Å². The maximum absolute atomic E-state index is 5.73. The molecule has 4 heteroatoms. The molecule has 1 saturated carbocycles. The van der Waals surface area contributed by atoms with Gasteiger partial charge < -0.3 is 19.7 Å². The molecular weight excluding hydrogens is 252 g/mol. The van der Waals surface area contributed by atoms with Crippen LogP contribution in [0.2, 0.25) is 0 Å². The SMILES string of the molecule is CCCNC(CN(C)CCOCC1CC1)C1CCOC1. The Kier molecular flexibility index (Phi) is 7.28. The maximum Gasteiger partial charge on any atom is 0.0593 e. The van der Waals surface area contributed by atoms with Gasteiger partial charge in [-0.25, -0.2) is 0 Å². The van der Waals surface area contributed by atoms with E-state index in [0.29, 0.717) is 12.0 Å². The minimum Gasteiger partial charge on any atom is -0.381 e. The van der Waals surface area contributed by atoms with Crippen LogP contribution in [0.5, 0.6) is 0 Å². The smallest absolute Gasteiger partial charge is 0.0593 e. The van der Waals surface area contributed by atoms with Crippen molar-refractivity contribution >= 4 is 0 Å². The molecule has 0 amide bonds. The standard InChI is InChI=1S/C16H32N2O2/c1-3-7-17-16(15-6-9-19-13-15)11-18(2)8-10-20-12-14-4-5-14/h14-17H,3-13H2,1-2H3. The van der Waals surface area contributed by atoms with E-state index in [4.69, 9.17) is 9.47 Å². The van der Waals surface area contributed by atoms with Gasteiger partial charge in [0.15, 0.2) is 0 Å². The molecule has 0 aromatic carbocycles. The van der Waals surface area contributed by atoms with Crippen molar-refractivity contribution in [3.8, 4) is 0 Å². The van der Waals surface area contributed by atoms with Crippen molar-refractivity contribution in [3.63, 3.8) is 0 Å². The second-order valence-electron chi connectivity index (χ2n) is 6.46. The van der Waals surface area contributed by atoms with Crippen LogP contribution in [0.3, 0.4) is 0 Å². The molecule has 0 aromatic rings. The number of ether oxygens (including phenoxy) is 2. The zero-order valence-electron chi connectivity index (χ0n) is 13.3. The number of rotatable bonds is 11. The van der Waals surface area contributed by atoms with E-state index in [0.717, 1.165) is 52.0 Å². The second-order valence-corrected chi connectivity index (χ2v) is 6.46. The largest absolute Gasteiger partial charge is 0.381 e. The van der Waals surface area contributed by atoms with E-state index in [1.807, 2.05) is 0 Å².